The van der Waals surface area contributed by atoms with E-state index >= 15 is 0 Å². The molecule has 0 heterocycles. The molecule has 1 aromatic carbocycles. The number of nitrogens with zero attached hydrogens (tertiary/aromatic N) is 1. The van der Waals surface area contributed by atoms with Gasteiger partial charge in [0.05, 0.1) is 17.6 Å². The highest BCUT2D eigenvalue weighted by Gasteiger charge is 2.28. The quantitative estimate of drug-likeness (QED) is 0.645. The molecule has 0 aliphatic carbocycles. The summed E-state index contributed by atoms with van der Waals surface area (Å²) in [6, 6.07) is 0.897. The second-order valence-electron chi connectivity index (χ2n) is 4.79. The summed E-state index contributed by atoms with van der Waals surface area (Å²) in [6.45, 7) is 3.75. The van der Waals surface area contributed by atoms with Gasteiger partial charge in [0.2, 0.25) is 5.82 Å². The van der Waals surface area contributed by atoms with Gasteiger partial charge in [-0.3, -0.25) is 14.9 Å². The number of nitro benzene ring substituents is 1. The minimum Gasteiger partial charge on any atom is -0.383 e. The fraction of sp³-hybridized carbons (Fsp3) is 0.462. The molecule has 0 fully saturated rings. The number of methoxy groups -OCH3 is 1. The Hall–Kier alpha value is -2.09. The van der Waals surface area contributed by atoms with Crippen LogP contribution in [0.15, 0.2) is 12.1 Å². The van der Waals surface area contributed by atoms with Gasteiger partial charge in [0.25, 0.3) is 5.91 Å². The lowest BCUT2D eigenvalue weighted by Gasteiger charge is -2.21. The number of rotatable bonds is 6. The van der Waals surface area contributed by atoms with E-state index in [2.05, 4.69) is 5.32 Å². The molecule has 21 heavy (non-hydrogen) atoms. The molecule has 0 aromatic heterocycles. The second kappa shape index (κ2) is 7.07. The lowest BCUT2D eigenvalue weighted by molar-refractivity contribution is -0.387. The number of halogens is 2. The Labute approximate surface area is 120 Å². The van der Waals surface area contributed by atoms with Crippen molar-refractivity contribution in [1.82, 2.24) is 5.32 Å². The largest absolute Gasteiger partial charge is 0.383 e. The van der Waals surface area contributed by atoms with Gasteiger partial charge in [0.1, 0.15) is 11.4 Å². The van der Waals surface area contributed by atoms with Crippen LogP contribution in [0.4, 0.5) is 14.5 Å². The summed E-state index contributed by atoms with van der Waals surface area (Å²) < 4.78 is 32.4. The predicted molar refractivity (Wildman–Crippen MR) is 71.0 cm³/mol. The number of carbonyl (C=O) groups is 1. The van der Waals surface area contributed by atoms with Crippen molar-refractivity contribution in [3.8, 4) is 0 Å². The van der Waals surface area contributed by atoms with E-state index in [1.54, 1.807) is 13.8 Å². The molecule has 8 heteroatoms. The normalized spacial score (nSPS) is 12.3. The molecule has 0 bridgehead atoms. The zero-order valence-corrected chi connectivity index (χ0v) is 11.9. The number of benzene rings is 1. The fourth-order valence-electron chi connectivity index (χ4n) is 1.71. The molecule has 1 rings (SSSR count). The third-order valence-corrected chi connectivity index (χ3v) is 2.96. The van der Waals surface area contributed by atoms with Gasteiger partial charge in [-0.1, -0.05) is 13.8 Å². The lowest BCUT2D eigenvalue weighted by Crippen LogP contribution is -2.42. The first kappa shape index (κ1) is 17.0. The maximum atomic E-state index is 13.9. The Morgan fingerprint density at radius 2 is 2.05 bits per heavy atom. The third-order valence-electron chi connectivity index (χ3n) is 2.96. The number of ether oxygens (including phenoxy) is 1. The fourth-order valence-corrected chi connectivity index (χ4v) is 1.71. The summed E-state index contributed by atoms with van der Waals surface area (Å²) in [5, 5.41) is 13.0. The Kier molecular flexibility index (Phi) is 5.71. The zero-order chi connectivity index (χ0) is 16.2. The lowest BCUT2D eigenvalue weighted by atomic mass is 10.0. The summed E-state index contributed by atoms with van der Waals surface area (Å²) in [7, 11) is 1.43. The molecule has 0 aliphatic rings. The minimum absolute atomic E-state index is 0.0429. The second-order valence-corrected chi connectivity index (χ2v) is 4.79. The van der Waals surface area contributed by atoms with Crippen molar-refractivity contribution < 1.29 is 23.2 Å². The molecule has 1 unspecified atom stereocenters. The van der Waals surface area contributed by atoms with Crippen LogP contribution in [0.2, 0.25) is 0 Å². The molecule has 116 valence electrons. The first-order valence-electron chi connectivity index (χ1n) is 6.21. The highest BCUT2D eigenvalue weighted by molar-refractivity contribution is 5.95. The monoisotopic (exact) mass is 302 g/mol. The van der Waals surface area contributed by atoms with Gasteiger partial charge in [-0.25, -0.2) is 4.39 Å². The van der Waals surface area contributed by atoms with Crippen molar-refractivity contribution >= 4 is 11.6 Å². The SMILES string of the molecule is COCC(NC(=O)c1c(F)ccc([N+](=O)[O-])c1F)C(C)C. The van der Waals surface area contributed by atoms with Crippen molar-refractivity contribution in [3.05, 3.63) is 39.4 Å². The highest BCUT2D eigenvalue weighted by Crippen LogP contribution is 2.23. The maximum absolute atomic E-state index is 13.9. The molecule has 1 aromatic rings. The van der Waals surface area contributed by atoms with Crippen molar-refractivity contribution in [2.45, 2.75) is 19.9 Å². The third kappa shape index (κ3) is 3.94. The van der Waals surface area contributed by atoms with Gasteiger partial charge in [-0.05, 0) is 12.0 Å². The van der Waals surface area contributed by atoms with E-state index in [1.807, 2.05) is 0 Å². The van der Waals surface area contributed by atoms with Crippen molar-refractivity contribution in [1.29, 1.82) is 0 Å². The summed E-state index contributed by atoms with van der Waals surface area (Å²) in [5.41, 5.74) is -1.92. The molecule has 1 amide bonds. The van der Waals surface area contributed by atoms with E-state index in [0.717, 1.165) is 0 Å². The topological polar surface area (TPSA) is 81.5 Å². The van der Waals surface area contributed by atoms with Gasteiger partial charge >= 0.3 is 5.69 Å². The van der Waals surface area contributed by atoms with Crippen LogP contribution in [-0.2, 0) is 4.74 Å². The number of hydrogen-bond donors (Lipinski definition) is 1. The van der Waals surface area contributed by atoms with E-state index in [0.29, 0.717) is 12.1 Å². The van der Waals surface area contributed by atoms with E-state index in [-0.39, 0.29) is 12.5 Å². The van der Waals surface area contributed by atoms with E-state index in [9.17, 15) is 23.7 Å². The smallest absolute Gasteiger partial charge is 0.305 e. The first-order chi connectivity index (χ1) is 9.79. The molecule has 0 saturated heterocycles. The van der Waals surface area contributed by atoms with Crippen molar-refractivity contribution in [3.63, 3.8) is 0 Å². The molecule has 0 aliphatic heterocycles. The van der Waals surface area contributed by atoms with Crippen molar-refractivity contribution in [2.75, 3.05) is 13.7 Å². The van der Waals surface area contributed by atoms with Gasteiger partial charge in [0, 0.05) is 13.2 Å². The summed E-state index contributed by atoms with van der Waals surface area (Å²) in [5.74, 6) is -3.74. The summed E-state index contributed by atoms with van der Waals surface area (Å²) in [6.07, 6.45) is 0. The van der Waals surface area contributed by atoms with Crippen LogP contribution >= 0.6 is 0 Å². The number of hydrogen-bond acceptors (Lipinski definition) is 4. The van der Waals surface area contributed by atoms with E-state index < -0.39 is 39.8 Å². The first-order valence-corrected chi connectivity index (χ1v) is 6.21. The Morgan fingerprint density at radius 3 is 2.52 bits per heavy atom. The predicted octanol–water partition coefficient (Wildman–Crippen LogP) is 2.27. The number of amides is 1. The Balaban J connectivity index is 3.12. The Bertz CT molecular complexity index is 549. The van der Waals surface area contributed by atoms with Crippen LogP contribution < -0.4 is 5.32 Å². The minimum atomic E-state index is -1.49. The number of carbonyl (C=O) groups excluding carboxylic acids is 1. The van der Waals surface area contributed by atoms with Crippen LogP contribution in [0, 0.1) is 27.7 Å². The number of nitro groups is 1. The van der Waals surface area contributed by atoms with Gasteiger partial charge < -0.3 is 10.1 Å². The molecule has 6 nitrogen and oxygen atoms in total. The molecule has 0 radical (unpaired) electrons. The number of nitrogens with one attached hydrogen (secondary N) is 1. The zero-order valence-electron chi connectivity index (χ0n) is 11.9. The van der Waals surface area contributed by atoms with E-state index in [1.165, 1.54) is 7.11 Å². The summed E-state index contributed by atoms with van der Waals surface area (Å²) in [4.78, 5) is 21.6. The molecular weight excluding hydrogens is 286 g/mol. The molecule has 0 spiro atoms. The van der Waals surface area contributed by atoms with Gasteiger partial charge in [0.15, 0.2) is 0 Å². The summed E-state index contributed by atoms with van der Waals surface area (Å²) >= 11 is 0. The van der Waals surface area contributed by atoms with Gasteiger partial charge in [-0.2, -0.15) is 4.39 Å². The highest BCUT2D eigenvalue weighted by atomic mass is 19.1. The van der Waals surface area contributed by atoms with Crippen molar-refractivity contribution in [2.24, 2.45) is 5.92 Å². The standard InChI is InChI=1S/C13H16F2N2O4/c1-7(2)9(6-21-3)16-13(18)11-8(14)4-5-10(12(11)15)17(19)20/h4-5,7,9H,6H2,1-3H3,(H,16,18). The molecule has 0 saturated carbocycles. The Morgan fingerprint density at radius 1 is 1.43 bits per heavy atom. The maximum Gasteiger partial charge on any atom is 0.305 e. The van der Waals surface area contributed by atoms with Crippen LogP contribution in [-0.4, -0.2) is 30.6 Å². The van der Waals surface area contributed by atoms with Gasteiger partial charge in [-0.15, -0.1) is 0 Å². The van der Waals surface area contributed by atoms with E-state index in [4.69, 9.17) is 4.74 Å². The van der Waals surface area contributed by atoms with Crippen LogP contribution in [0.3, 0.4) is 0 Å². The molecule has 1 N–H and O–H groups in total. The molecular formula is C13H16F2N2O4. The average Bonchev–Trinajstić information content (AvgIpc) is 2.37. The van der Waals surface area contributed by atoms with Crippen LogP contribution in [0.1, 0.15) is 24.2 Å². The van der Waals surface area contributed by atoms with Crippen LogP contribution in [0.25, 0.3) is 0 Å². The average molecular weight is 302 g/mol. The van der Waals surface area contributed by atoms with Crippen LogP contribution in [0.5, 0.6) is 0 Å². The molecule has 1 atom stereocenters.